The first kappa shape index (κ1) is 14.3. The van der Waals surface area contributed by atoms with Crippen LogP contribution in [0.3, 0.4) is 0 Å². The van der Waals surface area contributed by atoms with Gasteiger partial charge < -0.3 is 5.32 Å². The van der Waals surface area contributed by atoms with E-state index in [1.807, 2.05) is 42.5 Å². The molecule has 0 heterocycles. The number of fused-ring (bicyclic) bond motifs is 1. The van der Waals surface area contributed by atoms with Crippen molar-refractivity contribution in [3.05, 3.63) is 48.0 Å². The molecule has 2 aromatic carbocycles. The van der Waals surface area contributed by atoms with Crippen molar-refractivity contribution in [3.63, 3.8) is 0 Å². The summed E-state index contributed by atoms with van der Waals surface area (Å²) in [6, 6.07) is 13.6. The smallest absolute Gasteiger partial charge is 0.330 e. The molecule has 0 aliphatic carbocycles. The van der Waals surface area contributed by atoms with Gasteiger partial charge in [0.1, 0.15) is 0 Å². The Hall–Kier alpha value is -2.11. The zero-order valence-electron chi connectivity index (χ0n) is 11.6. The molecule has 0 atom stereocenters. The number of nitrogens with zero attached hydrogens (tertiary/aromatic N) is 1. The van der Waals surface area contributed by atoms with E-state index in [1.165, 1.54) is 7.11 Å². The number of hydrogen-bond acceptors (Lipinski definition) is 3. The van der Waals surface area contributed by atoms with Gasteiger partial charge in [-0.25, -0.2) is 14.5 Å². The van der Waals surface area contributed by atoms with Gasteiger partial charge in [-0.2, -0.15) is 0 Å². The molecule has 0 bridgehead atoms. The van der Waals surface area contributed by atoms with Crippen molar-refractivity contribution >= 4 is 16.8 Å². The molecule has 0 aliphatic heterocycles. The third-order valence-corrected chi connectivity index (χ3v) is 2.89. The van der Waals surface area contributed by atoms with Crippen molar-refractivity contribution in [1.82, 2.24) is 10.5 Å². The topological polar surface area (TPSA) is 50.8 Å². The minimum absolute atomic E-state index is 0.357. The Balaban J connectivity index is 2.07. The zero-order valence-corrected chi connectivity index (χ0v) is 11.6. The number of rotatable bonds is 5. The molecule has 5 nitrogen and oxygen atoms in total. The van der Waals surface area contributed by atoms with Crippen LogP contribution in [-0.2, 0) is 16.2 Å². The summed E-state index contributed by atoms with van der Waals surface area (Å²) in [5, 5.41) is 5.87. The van der Waals surface area contributed by atoms with Crippen molar-refractivity contribution in [2.75, 3.05) is 13.7 Å². The average Bonchev–Trinajstić information content (AvgIpc) is 2.50. The van der Waals surface area contributed by atoms with E-state index in [2.05, 4.69) is 5.32 Å². The van der Waals surface area contributed by atoms with Crippen molar-refractivity contribution < 1.29 is 14.5 Å². The molecule has 2 rings (SSSR count). The van der Waals surface area contributed by atoms with E-state index >= 15 is 0 Å². The van der Waals surface area contributed by atoms with Crippen LogP contribution >= 0.6 is 0 Å². The van der Waals surface area contributed by atoms with Gasteiger partial charge in [0.25, 0.3) is 0 Å². The molecule has 0 aromatic heterocycles. The number of hydrogen-bond donors (Lipinski definition) is 1. The number of carbonyl (C=O) groups is 1. The number of benzene rings is 2. The van der Waals surface area contributed by atoms with Crippen LogP contribution < -0.4 is 5.32 Å². The van der Waals surface area contributed by atoms with Crippen LogP contribution in [0.4, 0.5) is 4.79 Å². The Morgan fingerprint density at radius 2 is 1.95 bits per heavy atom. The van der Waals surface area contributed by atoms with Crippen molar-refractivity contribution in [2.45, 2.75) is 13.5 Å². The summed E-state index contributed by atoms with van der Waals surface area (Å²) >= 11 is 0. The molecule has 0 fully saturated rings. The van der Waals surface area contributed by atoms with Gasteiger partial charge in [0.05, 0.1) is 13.7 Å². The predicted octanol–water partition coefficient (Wildman–Crippen LogP) is 2.86. The average molecular weight is 274 g/mol. The summed E-state index contributed by atoms with van der Waals surface area (Å²) in [7, 11) is 1.38. The second-order valence-corrected chi connectivity index (χ2v) is 4.15. The Kier molecular flexibility index (Phi) is 4.92. The highest BCUT2D eigenvalue weighted by molar-refractivity contribution is 5.86. The van der Waals surface area contributed by atoms with Crippen LogP contribution in [0.25, 0.3) is 10.8 Å². The highest BCUT2D eigenvalue weighted by Crippen LogP contribution is 2.18. The van der Waals surface area contributed by atoms with Gasteiger partial charge in [-0.3, -0.25) is 0 Å². The molecule has 2 aromatic rings. The summed E-state index contributed by atoms with van der Waals surface area (Å²) in [5.41, 5.74) is 1.05. The summed E-state index contributed by atoms with van der Waals surface area (Å²) in [4.78, 5) is 21.7. The number of carbonyl (C=O) groups excluding carboxylic acids is 1. The summed E-state index contributed by atoms with van der Waals surface area (Å²) < 4.78 is 0. The van der Waals surface area contributed by atoms with Gasteiger partial charge in [0.2, 0.25) is 0 Å². The normalized spacial score (nSPS) is 10.5. The second-order valence-electron chi connectivity index (χ2n) is 4.15. The SMILES string of the molecule is CCON(OC)C(=O)NCc1cccc2ccccc12. The van der Waals surface area contributed by atoms with E-state index in [0.717, 1.165) is 21.6 Å². The number of hydroxylamine groups is 2. The molecule has 5 heteroatoms. The van der Waals surface area contributed by atoms with Crippen LogP contribution in [0.15, 0.2) is 42.5 Å². The first-order chi connectivity index (χ1) is 9.76. The van der Waals surface area contributed by atoms with Crippen LogP contribution in [0.5, 0.6) is 0 Å². The van der Waals surface area contributed by atoms with Gasteiger partial charge in [-0.15, -0.1) is 0 Å². The quantitative estimate of drug-likeness (QED) is 0.853. The monoisotopic (exact) mass is 274 g/mol. The number of amides is 2. The van der Waals surface area contributed by atoms with Gasteiger partial charge in [0, 0.05) is 6.54 Å². The lowest BCUT2D eigenvalue weighted by molar-refractivity contribution is -0.311. The molecule has 0 spiro atoms. The Bertz CT molecular complexity index is 581. The largest absolute Gasteiger partial charge is 0.367 e. The third kappa shape index (κ3) is 3.26. The molecule has 0 aliphatic rings. The van der Waals surface area contributed by atoms with E-state index in [9.17, 15) is 4.79 Å². The molecule has 106 valence electrons. The molecular weight excluding hydrogens is 256 g/mol. The minimum atomic E-state index is -0.428. The fraction of sp³-hybridized carbons (Fsp3) is 0.267. The van der Waals surface area contributed by atoms with E-state index in [-0.39, 0.29) is 0 Å². The fourth-order valence-corrected chi connectivity index (χ4v) is 1.99. The molecule has 2 amide bonds. The fourth-order valence-electron chi connectivity index (χ4n) is 1.99. The van der Waals surface area contributed by atoms with Gasteiger partial charge in [-0.1, -0.05) is 47.7 Å². The molecule has 1 N–H and O–H groups in total. The molecule has 0 unspecified atom stereocenters. The van der Waals surface area contributed by atoms with Gasteiger partial charge >= 0.3 is 6.03 Å². The first-order valence-electron chi connectivity index (χ1n) is 6.48. The van der Waals surface area contributed by atoms with Crippen LogP contribution in [0, 0.1) is 0 Å². The number of urea groups is 1. The highest BCUT2D eigenvalue weighted by Gasteiger charge is 2.13. The lowest BCUT2D eigenvalue weighted by Crippen LogP contribution is -2.38. The lowest BCUT2D eigenvalue weighted by Gasteiger charge is -2.18. The molecule has 0 saturated heterocycles. The van der Waals surface area contributed by atoms with E-state index < -0.39 is 6.03 Å². The Morgan fingerprint density at radius 3 is 2.70 bits per heavy atom. The van der Waals surface area contributed by atoms with Crippen LogP contribution in [-0.4, -0.2) is 25.0 Å². The highest BCUT2D eigenvalue weighted by atomic mass is 17.0. The third-order valence-electron chi connectivity index (χ3n) is 2.89. The summed E-state index contributed by atoms with van der Waals surface area (Å²) in [6.07, 6.45) is 0. The van der Waals surface area contributed by atoms with Gasteiger partial charge in [-0.05, 0) is 23.3 Å². The molecular formula is C15H18N2O3. The van der Waals surface area contributed by atoms with Gasteiger partial charge in [0.15, 0.2) is 0 Å². The summed E-state index contributed by atoms with van der Waals surface area (Å²) in [5.74, 6) is 0. The van der Waals surface area contributed by atoms with Crippen LogP contribution in [0.1, 0.15) is 12.5 Å². The van der Waals surface area contributed by atoms with E-state index in [1.54, 1.807) is 6.92 Å². The second kappa shape index (κ2) is 6.88. The lowest BCUT2D eigenvalue weighted by atomic mass is 10.0. The maximum atomic E-state index is 11.8. The van der Waals surface area contributed by atoms with E-state index in [4.69, 9.17) is 9.68 Å². The van der Waals surface area contributed by atoms with Crippen LogP contribution in [0.2, 0.25) is 0 Å². The van der Waals surface area contributed by atoms with E-state index in [0.29, 0.717) is 13.2 Å². The van der Waals surface area contributed by atoms with Crippen molar-refractivity contribution in [3.8, 4) is 0 Å². The van der Waals surface area contributed by atoms with Crippen molar-refractivity contribution in [1.29, 1.82) is 0 Å². The first-order valence-corrected chi connectivity index (χ1v) is 6.48. The summed E-state index contributed by atoms with van der Waals surface area (Å²) in [6.45, 7) is 2.55. The maximum absolute atomic E-state index is 11.8. The standard InChI is InChI=1S/C15H18N2O3/c1-3-20-17(19-2)15(18)16-11-13-9-6-8-12-7-4-5-10-14(12)13/h4-10H,3,11H2,1-2H3,(H,16,18). The number of nitrogens with one attached hydrogen (secondary N) is 1. The maximum Gasteiger partial charge on any atom is 0.367 e. The predicted molar refractivity (Wildman–Crippen MR) is 76.7 cm³/mol. The molecule has 0 saturated carbocycles. The van der Waals surface area contributed by atoms with Crippen molar-refractivity contribution in [2.24, 2.45) is 0 Å². The zero-order chi connectivity index (χ0) is 14.4. The minimum Gasteiger partial charge on any atom is -0.330 e. The molecule has 20 heavy (non-hydrogen) atoms. The molecule has 0 radical (unpaired) electrons. The Labute approximate surface area is 118 Å². The Morgan fingerprint density at radius 1 is 1.20 bits per heavy atom.